The first-order chi connectivity index (χ1) is 15.0. The van der Waals surface area contributed by atoms with Crippen LogP contribution in [-0.4, -0.2) is 59.4 Å². The summed E-state index contributed by atoms with van der Waals surface area (Å²) in [5.74, 6) is -0.750. The van der Waals surface area contributed by atoms with Gasteiger partial charge in [-0.25, -0.2) is 4.79 Å². The van der Waals surface area contributed by atoms with Gasteiger partial charge in [0.15, 0.2) is 0 Å². The van der Waals surface area contributed by atoms with E-state index in [0.717, 1.165) is 29.8 Å². The molecule has 2 aromatic carbocycles. The molecule has 3 rings (SSSR count). The summed E-state index contributed by atoms with van der Waals surface area (Å²) in [6, 6.07) is 14.8. The number of aliphatic carboxylic acids is 1. The van der Waals surface area contributed by atoms with Crippen molar-refractivity contribution in [1.82, 2.24) is 10.6 Å². The Morgan fingerprint density at radius 1 is 1.23 bits per heavy atom. The van der Waals surface area contributed by atoms with Crippen molar-refractivity contribution in [3.05, 3.63) is 54.1 Å². The van der Waals surface area contributed by atoms with E-state index in [1.54, 1.807) is 23.9 Å². The van der Waals surface area contributed by atoms with Crippen molar-refractivity contribution in [2.45, 2.75) is 30.2 Å². The number of amides is 1. The molecule has 0 radical (unpaired) electrons. The highest BCUT2D eigenvalue weighted by Crippen LogP contribution is 2.26. The van der Waals surface area contributed by atoms with E-state index < -0.39 is 12.0 Å². The van der Waals surface area contributed by atoms with E-state index in [4.69, 9.17) is 0 Å². The first-order valence-corrected chi connectivity index (χ1v) is 12.3. The molecule has 166 valence electrons. The lowest BCUT2D eigenvalue weighted by Crippen LogP contribution is -2.41. The topological polar surface area (TPSA) is 90.5 Å². The average molecular weight is 460 g/mol. The summed E-state index contributed by atoms with van der Waals surface area (Å²) < 4.78 is 0. The number of thiol groups is 1. The molecular formula is C23H29N3O3S2. The number of benzene rings is 2. The fraction of sp³-hybridized carbons (Fsp3) is 0.391. The summed E-state index contributed by atoms with van der Waals surface area (Å²) in [5, 5.41) is 19.3. The zero-order chi connectivity index (χ0) is 22.2. The Morgan fingerprint density at radius 3 is 2.65 bits per heavy atom. The summed E-state index contributed by atoms with van der Waals surface area (Å²) in [5.41, 5.74) is 3.13. The second-order valence-electron chi connectivity index (χ2n) is 7.61. The van der Waals surface area contributed by atoms with Crippen molar-refractivity contribution < 1.29 is 14.7 Å². The van der Waals surface area contributed by atoms with Gasteiger partial charge < -0.3 is 21.1 Å². The fourth-order valence-electron chi connectivity index (χ4n) is 3.58. The number of hydrogen-bond donors (Lipinski definition) is 5. The van der Waals surface area contributed by atoms with E-state index in [2.05, 4.69) is 28.6 Å². The maximum absolute atomic E-state index is 12.9. The van der Waals surface area contributed by atoms with Gasteiger partial charge in [-0.2, -0.15) is 24.4 Å². The Hall–Kier alpha value is -2.16. The molecule has 0 saturated carbocycles. The van der Waals surface area contributed by atoms with Gasteiger partial charge in [0, 0.05) is 29.1 Å². The van der Waals surface area contributed by atoms with Gasteiger partial charge in [0.2, 0.25) is 0 Å². The third-order valence-corrected chi connectivity index (χ3v) is 6.62. The first kappa shape index (κ1) is 23.5. The molecule has 3 atom stereocenters. The van der Waals surface area contributed by atoms with Crippen molar-refractivity contribution >= 4 is 42.0 Å². The zero-order valence-electron chi connectivity index (χ0n) is 17.5. The van der Waals surface area contributed by atoms with E-state index in [-0.39, 0.29) is 11.9 Å². The number of nitrogens with one attached hydrogen (secondary N) is 3. The molecule has 2 aromatic rings. The molecule has 1 saturated heterocycles. The molecule has 1 fully saturated rings. The summed E-state index contributed by atoms with van der Waals surface area (Å²) in [7, 11) is 0. The molecule has 0 spiro atoms. The lowest BCUT2D eigenvalue weighted by atomic mass is 10.0. The van der Waals surface area contributed by atoms with E-state index in [1.807, 2.05) is 42.7 Å². The smallest absolute Gasteiger partial charge is 0.326 e. The van der Waals surface area contributed by atoms with Crippen LogP contribution in [-0.2, 0) is 4.79 Å². The Bertz CT molecular complexity index is 895. The number of carbonyl (C=O) groups is 2. The van der Waals surface area contributed by atoms with Gasteiger partial charge in [-0.05, 0) is 60.7 Å². The van der Waals surface area contributed by atoms with Crippen LogP contribution in [0.4, 0.5) is 5.69 Å². The molecule has 1 heterocycles. The molecule has 31 heavy (non-hydrogen) atoms. The zero-order valence-corrected chi connectivity index (χ0v) is 19.2. The fourth-order valence-corrected chi connectivity index (χ4v) is 4.39. The summed E-state index contributed by atoms with van der Waals surface area (Å²) in [4.78, 5) is 24.5. The maximum atomic E-state index is 12.9. The second-order valence-corrected chi connectivity index (χ2v) is 9.26. The van der Waals surface area contributed by atoms with Crippen LogP contribution in [0, 0.1) is 0 Å². The molecule has 4 N–H and O–H groups in total. The van der Waals surface area contributed by atoms with Gasteiger partial charge in [-0.15, -0.1) is 0 Å². The standard InChI is InChI=1S/C23H29N3O3S2/c1-31-10-8-19(23(28)29)26-22(27)17-11-16(15-5-3-2-4-6-15)12-18(13-17)25-14-20-21(30)7-9-24-20/h2-6,11-13,19-21,24-25,30H,7-10,14H2,1H3,(H,26,27)(H,28,29)/t19-,20+,21+/m0/s1. The minimum Gasteiger partial charge on any atom is -0.480 e. The summed E-state index contributed by atoms with van der Waals surface area (Å²) >= 11 is 6.18. The number of carbonyl (C=O) groups excluding carboxylic acids is 1. The van der Waals surface area contributed by atoms with Crippen LogP contribution in [0.2, 0.25) is 0 Å². The van der Waals surface area contributed by atoms with Gasteiger partial charge in [-0.1, -0.05) is 30.3 Å². The Balaban J connectivity index is 1.83. The number of rotatable bonds is 10. The van der Waals surface area contributed by atoms with Gasteiger partial charge in [-0.3, -0.25) is 4.79 Å². The van der Waals surface area contributed by atoms with Crippen molar-refractivity contribution in [1.29, 1.82) is 0 Å². The first-order valence-electron chi connectivity index (χ1n) is 10.4. The van der Waals surface area contributed by atoms with E-state index >= 15 is 0 Å². The van der Waals surface area contributed by atoms with Gasteiger partial charge in [0.1, 0.15) is 6.04 Å². The molecule has 1 amide bonds. The van der Waals surface area contributed by atoms with Crippen LogP contribution in [0.5, 0.6) is 0 Å². The number of thioether (sulfide) groups is 1. The average Bonchev–Trinajstić information content (AvgIpc) is 3.19. The Labute approximate surface area is 193 Å². The Morgan fingerprint density at radius 2 is 2.00 bits per heavy atom. The molecule has 0 aliphatic carbocycles. The van der Waals surface area contributed by atoms with Crippen LogP contribution in [0.3, 0.4) is 0 Å². The second kappa shape index (κ2) is 11.5. The highest BCUT2D eigenvalue weighted by molar-refractivity contribution is 7.98. The van der Waals surface area contributed by atoms with Gasteiger partial charge in [0.25, 0.3) is 5.91 Å². The lowest BCUT2D eigenvalue weighted by molar-refractivity contribution is -0.139. The predicted molar refractivity (Wildman–Crippen MR) is 131 cm³/mol. The molecule has 0 unspecified atom stereocenters. The predicted octanol–water partition coefficient (Wildman–Crippen LogP) is 3.36. The normalized spacial score (nSPS) is 19.0. The minimum absolute atomic E-state index is 0.254. The van der Waals surface area contributed by atoms with Crippen molar-refractivity contribution in [2.75, 3.05) is 30.4 Å². The molecule has 0 bridgehead atoms. The third kappa shape index (κ3) is 6.66. The molecule has 0 aromatic heterocycles. The largest absolute Gasteiger partial charge is 0.480 e. The monoisotopic (exact) mass is 459 g/mol. The van der Waals surface area contributed by atoms with Crippen LogP contribution >= 0.6 is 24.4 Å². The number of anilines is 1. The van der Waals surface area contributed by atoms with E-state index in [9.17, 15) is 14.7 Å². The van der Waals surface area contributed by atoms with Crippen LogP contribution < -0.4 is 16.0 Å². The van der Waals surface area contributed by atoms with Crippen LogP contribution in [0.25, 0.3) is 11.1 Å². The summed E-state index contributed by atoms with van der Waals surface area (Å²) in [6.45, 7) is 1.64. The number of hydrogen-bond acceptors (Lipinski definition) is 6. The van der Waals surface area contributed by atoms with Crippen LogP contribution in [0.15, 0.2) is 48.5 Å². The third-order valence-electron chi connectivity index (χ3n) is 5.35. The maximum Gasteiger partial charge on any atom is 0.326 e. The molecule has 8 heteroatoms. The molecule has 6 nitrogen and oxygen atoms in total. The molecular weight excluding hydrogens is 430 g/mol. The Kier molecular flexibility index (Phi) is 8.69. The molecule has 1 aliphatic heterocycles. The minimum atomic E-state index is -1.02. The van der Waals surface area contributed by atoms with Crippen molar-refractivity contribution in [3.63, 3.8) is 0 Å². The summed E-state index contributed by atoms with van der Waals surface area (Å²) in [6.07, 6.45) is 3.32. The van der Waals surface area contributed by atoms with Crippen molar-refractivity contribution in [3.8, 4) is 11.1 Å². The van der Waals surface area contributed by atoms with Gasteiger partial charge >= 0.3 is 5.97 Å². The molecule has 1 aliphatic rings. The number of carboxylic acid groups (broad SMARTS) is 1. The van der Waals surface area contributed by atoms with E-state index in [1.165, 1.54) is 0 Å². The highest BCUT2D eigenvalue weighted by atomic mass is 32.2. The highest BCUT2D eigenvalue weighted by Gasteiger charge is 2.24. The quantitative estimate of drug-likeness (QED) is 0.350. The van der Waals surface area contributed by atoms with Crippen LogP contribution in [0.1, 0.15) is 23.2 Å². The van der Waals surface area contributed by atoms with Gasteiger partial charge in [0.05, 0.1) is 0 Å². The van der Waals surface area contributed by atoms with Crippen molar-refractivity contribution in [2.24, 2.45) is 0 Å². The number of carboxylic acids is 1. The lowest BCUT2D eigenvalue weighted by Gasteiger charge is -2.19. The SMILES string of the molecule is CSCC[C@H](NC(=O)c1cc(NC[C@H]2NCC[C@H]2S)cc(-c2ccccc2)c1)C(=O)O. The van der Waals surface area contributed by atoms with E-state index in [0.29, 0.717) is 29.5 Å².